The summed E-state index contributed by atoms with van der Waals surface area (Å²) < 4.78 is 11.4. The lowest BCUT2D eigenvalue weighted by atomic mass is 10.1. The predicted molar refractivity (Wildman–Crippen MR) is 101 cm³/mol. The van der Waals surface area contributed by atoms with Crippen molar-refractivity contribution in [1.82, 2.24) is 0 Å². The third kappa shape index (κ3) is 6.33. The van der Waals surface area contributed by atoms with Crippen LogP contribution in [0.2, 0.25) is 0 Å². The molecule has 0 amide bonds. The van der Waals surface area contributed by atoms with Crippen LogP contribution in [0.1, 0.15) is 25.0 Å². The van der Waals surface area contributed by atoms with Crippen molar-refractivity contribution >= 4 is 0 Å². The Hall–Kier alpha value is -2.48. The summed E-state index contributed by atoms with van der Waals surface area (Å²) in [5.74, 6) is 1.72. The van der Waals surface area contributed by atoms with Crippen LogP contribution >= 0.6 is 0 Å². The summed E-state index contributed by atoms with van der Waals surface area (Å²) in [7, 11) is 0. The highest BCUT2D eigenvalue weighted by Gasteiger charge is 1.99. The number of benzene rings is 2. The van der Waals surface area contributed by atoms with Crippen molar-refractivity contribution in [3.05, 3.63) is 84.0 Å². The SMILES string of the molecule is C=C(C)Cc1ccc(OCCOc2ccc(CC(=C)C)cc2)cc1. The molecular weight excluding hydrogens is 296 g/mol. The minimum Gasteiger partial charge on any atom is -0.490 e. The molecule has 0 aliphatic heterocycles. The van der Waals surface area contributed by atoms with E-state index < -0.39 is 0 Å². The number of hydrogen-bond acceptors (Lipinski definition) is 2. The van der Waals surface area contributed by atoms with Crippen LogP contribution in [0.4, 0.5) is 0 Å². The van der Waals surface area contributed by atoms with Gasteiger partial charge in [-0.25, -0.2) is 0 Å². The van der Waals surface area contributed by atoms with Crippen LogP contribution in [0.25, 0.3) is 0 Å². The Balaban J connectivity index is 1.72. The summed E-state index contributed by atoms with van der Waals surface area (Å²) in [4.78, 5) is 0. The van der Waals surface area contributed by atoms with Gasteiger partial charge in [-0.1, -0.05) is 48.6 Å². The molecule has 2 aromatic rings. The van der Waals surface area contributed by atoms with Crippen LogP contribution in [-0.4, -0.2) is 13.2 Å². The largest absolute Gasteiger partial charge is 0.490 e. The number of ether oxygens (including phenoxy) is 2. The first-order valence-electron chi connectivity index (χ1n) is 8.25. The zero-order chi connectivity index (χ0) is 17.4. The van der Waals surface area contributed by atoms with Gasteiger partial charge in [-0.15, -0.1) is 0 Å². The van der Waals surface area contributed by atoms with E-state index in [0.29, 0.717) is 13.2 Å². The van der Waals surface area contributed by atoms with Gasteiger partial charge in [-0.05, 0) is 62.1 Å². The Labute approximate surface area is 145 Å². The summed E-state index contributed by atoms with van der Waals surface area (Å²) in [5, 5.41) is 0. The van der Waals surface area contributed by atoms with Gasteiger partial charge < -0.3 is 9.47 Å². The molecule has 2 heteroatoms. The average molecular weight is 322 g/mol. The first-order chi connectivity index (χ1) is 11.5. The van der Waals surface area contributed by atoms with Gasteiger partial charge in [0.25, 0.3) is 0 Å². The van der Waals surface area contributed by atoms with Crippen LogP contribution in [-0.2, 0) is 12.8 Å². The van der Waals surface area contributed by atoms with Crippen LogP contribution in [0.3, 0.4) is 0 Å². The second kappa shape index (κ2) is 8.97. The Morgan fingerprint density at radius 3 is 1.29 bits per heavy atom. The lowest BCUT2D eigenvalue weighted by Gasteiger charge is -2.10. The summed E-state index contributed by atoms with van der Waals surface area (Å²) in [5.41, 5.74) is 4.82. The van der Waals surface area contributed by atoms with Gasteiger partial charge in [-0.2, -0.15) is 0 Å². The van der Waals surface area contributed by atoms with Crippen molar-refractivity contribution in [3.63, 3.8) is 0 Å². The fourth-order valence-corrected chi connectivity index (χ4v) is 2.42. The van der Waals surface area contributed by atoms with Gasteiger partial charge in [-0.3, -0.25) is 0 Å². The lowest BCUT2D eigenvalue weighted by Crippen LogP contribution is -2.09. The van der Waals surface area contributed by atoms with Crippen molar-refractivity contribution in [2.45, 2.75) is 26.7 Å². The number of allylic oxidation sites excluding steroid dienone is 2. The minimum atomic E-state index is 0.521. The molecule has 2 aromatic carbocycles. The second-order valence-electron chi connectivity index (χ2n) is 6.25. The summed E-state index contributed by atoms with van der Waals surface area (Å²) in [6.45, 7) is 13.0. The summed E-state index contributed by atoms with van der Waals surface area (Å²) >= 11 is 0. The van der Waals surface area contributed by atoms with Gasteiger partial charge in [0.2, 0.25) is 0 Å². The highest BCUT2D eigenvalue weighted by atomic mass is 16.5. The molecule has 0 saturated carbocycles. The maximum absolute atomic E-state index is 5.71. The number of rotatable bonds is 9. The summed E-state index contributed by atoms with van der Waals surface area (Å²) in [6, 6.07) is 16.3. The second-order valence-corrected chi connectivity index (χ2v) is 6.25. The molecule has 0 N–H and O–H groups in total. The molecule has 0 aliphatic rings. The lowest BCUT2D eigenvalue weighted by molar-refractivity contribution is 0.217. The maximum Gasteiger partial charge on any atom is 0.122 e. The topological polar surface area (TPSA) is 18.5 Å². The van der Waals surface area contributed by atoms with Crippen molar-refractivity contribution < 1.29 is 9.47 Å². The first kappa shape index (κ1) is 17.9. The van der Waals surface area contributed by atoms with E-state index >= 15 is 0 Å². The van der Waals surface area contributed by atoms with Gasteiger partial charge >= 0.3 is 0 Å². The monoisotopic (exact) mass is 322 g/mol. The molecule has 0 aliphatic carbocycles. The Bertz CT molecular complexity index is 605. The van der Waals surface area contributed by atoms with Crippen LogP contribution in [0, 0.1) is 0 Å². The van der Waals surface area contributed by atoms with E-state index in [9.17, 15) is 0 Å². The van der Waals surface area contributed by atoms with Gasteiger partial charge in [0.1, 0.15) is 24.7 Å². The molecule has 126 valence electrons. The quantitative estimate of drug-likeness (QED) is 0.456. The zero-order valence-corrected chi connectivity index (χ0v) is 14.7. The van der Waals surface area contributed by atoms with E-state index in [1.807, 2.05) is 38.1 Å². The molecule has 0 radical (unpaired) electrons. The molecule has 24 heavy (non-hydrogen) atoms. The molecule has 0 heterocycles. The first-order valence-corrected chi connectivity index (χ1v) is 8.25. The zero-order valence-electron chi connectivity index (χ0n) is 14.7. The fraction of sp³-hybridized carbons (Fsp3) is 0.273. The molecule has 0 aromatic heterocycles. The standard InChI is InChI=1S/C22H26O2/c1-17(2)15-19-5-9-21(10-6-19)23-13-14-24-22-11-7-20(8-12-22)16-18(3)4/h5-12H,1,3,13-16H2,2,4H3. The third-order valence-electron chi connectivity index (χ3n) is 3.48. The van der Waals surface area contributed by atoms with E-state index in [1.54, 1.807) is 0 Å². The van der Waals surface area contributed by atoms with Crippen molar-refractivity contribution in [3.8, 4) is 11.5 Å². The number of hydrogen-bond donors (Lipinski definition) is 0. The molecule has 0 fully saturated rings. The molecule has 0 spiro atoms. The Morgan fingerprint density at radius 1 is 0.667 bits per heavy atom. The molecule has 0 atom stereocenters. The van der Waals surface area contributed by atoms with Crippen LogP contribution in [0.5, 0.6) is 11.5 Å². The smallest absolute Gasteiger partial charge is 0.122 e. The van der Waals surface area contributed by atoms with Gasteiger partial charge in [0, 0.05) is 0 Å². The van der Waals surface area contributed by atoms with Crippen molar-refractivity contribution in [2.24, 2.45) is 0 Å². The molecule has 2 rings (SSSR count). The molecular formula is C22H26O2. The van der Waals surface area contributed by atoms with Crippen molar-refractivity contribution in [2.75, 3.05) is 13.2 Å². The average Bonchev–Trinajstić information content (AvgIpc) is 2.53. The van der Waals surface area contributed by atoms with E-state index in [1.165, 1.54) is 11.1 Å². The van der Waals surface area contributed by atoms with Crippen LogP contribution < -0.4 is 9.47 Å². The fourth-order valence-electron chi connectivity index (χ4n) is 2.42. The predicted octanol–water partition coefficient (Wildman–Crippen LogP) is 5.38. The van der Waals surface area contributed by atoms with E-state index in [-0.39, 0.29) is 0 Å². The third-order valence-corrected chi connectivity index (χ3v) is 3.48. The van der Waals surface area contributed by atoms with Crippen molar-refractivity contribution in [1.29, 1.82) is 0 Å². The van der Waals surface area contributed by atoms with E-state index in [4.69, 9.17) is 9.47 Å². The van der Waals surface area contributed by atoms with E-state index in [0.717, 1.165) is 35.5 Å². The van der Waals surface area contributed by atoms with Crippen LogP contribution in [0.15, 0.2) is 72.8 Å². The Morgan fingerprint density at radius 2 is 1.00 bits per heavy atom. The summed E-state index contributed by atoms with van der Waals surface area (Å²) in [6.07, 6.45) is 1.82. The van der Waals surface area contributed by atoms with E-state index in [2.05, 4.69) is 37.4 Å². The molecule has 0 saturated heterocycles. The highest BCUT2D eigenvalue weighted by Crippen LogP contribution is 2.16. The van der Waals surface area contributed by atoms with Gasteiger partial charge in [0.15, 0.2) is 0 Å². The minimum absolute atomic E-state index is 0.521. The maximum atomic E-state index is 5.71. The molecule has 0 bridgehead atoms. The Kier molecular flexibility index (Phi) is 6.68. The highest BCUT2D eigenvalue weighted by molar-refractivity contribution is 5.30. The normalized spacial score (nSPS) is 10.2. The molecule has 2 nitrogen and oxygen atoms in total. The van der Waals surface area contributed by atoms with Gasteiger partial charge in [0.05, 0.1) is 0 Å². The molecule has 0 unspecified atom stereocenters.